The maximum absolute atomic E-state index is 12.9. The predicted molar refractivity (Wildman–Crippen MR) is 118 cm³/mol. The van der Waals surface area contributed by atoms with Gasteiger partial charge in [-0.05, 0) is 92.4 Å². The van der Waals surface area contributed by atoms with Crippen LogP contribution >= 0.6 is 0 Å². The molecule has 0 unspecified atom stereocenters. The number of aromatic hydroxyl groups is 2. The number of carboxylic acids is 1. The summed E-state index contributed by atoms with van der Waals surface area (Å²) in [5.41, 5.74) is 3.07. The fourth-order valence-corrected chi connectivity index (χ4v) is 2.47. The molecule has 8 heteroatoms. The average molecular weight is 452 g/mol. The van der Waals surface area contributed by atoms with E-state index in [9.17, 15) is 13.6 Å². The number of halogens is 2. The molecule has 0 aliphatic heterocycles. The van der Waals surface area contributed by atoms with E-state index in [1.807, 2.05) is 6.07 Å². The summed E-state index contributed by atoms with van der Waals surface area (Å²) >= 11 is 0. The molecule has 0 heterocycles. The van der Waals surface area contributed by atoms with E-state index in [0.717, 1.165) is 17.7 Å². The zero-order valence-electron chi connectivity index (χ0n) is 18.4. The summed E-state index contributed by atoms with van der Waals surface area (Å²) in [6.07, 6.45) is 0. The Labute approximate surface area is 190 Å². The maximum Gasteiger partial charge on any atom is 0.335 e. The van der Waals surface area contributed by atoms with E-state index >= 15 is 0 Å². The highest BCUT2D eigenvalue weighted by Gasteiger charge is 2.08. The predicted octanol–water partition coefficient (Wildman–Crippen LogP) is 5.42. The SMILES string of the molecule is Cc1cc(C#N)cc(F)c1O.Cc1cc(C#N)ccc1O.Cc1cc(C(=O)O)cc(F)c1C. The number of aryl methyl sites for hydroxylation is 3. The lowest BCUT2D eigenvalue weighted by Gasteiger charge is -2.02. The summed E-state index contributed by atoms with van der Waals surface area (Å²) < 4.78 is 25.6. The van der Waals surface area contributed by atoms with Gasteiger partial charge in [-0.3, -0.25) is 0 Å². The fraction of sp³-hybridized carbons (Fsp3) is 0.160. The van der Waals surface area contributed by atoms with Crippen LogP contribution in [0.15, 0.2) is 42.5 Å². The molecular formula is C25H22F2N2O4. The fourth-order valence-electron chi connectivity index (χ4n) is 2.47. The van der Waals surface area contributed by atoms with Gasteiger partial charge in [-0.25, -0.2) is 13.6 Å². The molecule has 6 nitrogen and oxygen atoms in total. The number of phenols is 2. The molecule has 0 atom stereocenters. The number of nitrogens with zero attached hydrogens (tertiary/aromatic N) is 2. The molecular weight excluding hydrogens is 430 g/mol. The number of carboxylic acid groups (broad SMARTS) is 1. The van der Waals surface area contributed by atoms with E-state index in [0.29, 0.717) is 22.3 Å². The molecule has 0 radical (unpaired) electrons. The Hall–Kier alpha value is -4.43. The summed E-state index contributed by atoms with van der Waals surface area (Å²) in [5, 5.41) is 43.3. The number of carbonyl (C=O) groups is 1. The van der Waals surface area contributed by atoms with E-state index in [2.05, 4.69) is 0 Å². The summed E-state index contributed by atoms with van der Waals surface area (Å²) in [6, 6.07) is 13.4. The van der Waals surface area contributed by atoms with Gasteiger partial charge in [-0.15, -0.1) is 0 Å². The minimum Gasteiger partial charge on any atom is -0.508 e. The third kappa shape index (κ3) is 7.64. The number of benzene rings is 3. The van der Waals surface area contributed by atoms with Crippen LogP contribution in [0.4, 0.5) is 8.78 Å². The topological polar surface area (TPSA) is 125 Å². The molecule has 0 aliphatic rings. The molecule has 33 heavy (non-hydrogen) atoms. The third-order valence-electron chi connectivity index (χ3n) is 4.56. The zero-order chi connectivity index (χ0) is 25.3. The highest BCUT2D eigenvalue weighted by molar-refractivity contribution is 5.87. The zero-order valence-corrected chi connectivity index (χ0v) is 18.4. The number of hydrogen-bond acceptors (Lipinski definition) is 5. The number of hydrogen-bond donors (Lipinski definition) is 3. The van der Waals surface area contributed by atoms with E-state index in [-0.39, 0.29) is 22.6 Å². The first-order valence-corrected chi connectivity index (χ1v) is 9.50. The standard InChI is InChI=1S/C9H9FO2.C8H6FNO.C8H7NO/c1-5-3-7(9(11)12)4-8(10)6(5)2;1-5-2-6(4-10)3-7(9)8(5)11;1-6-4-7(5-9)2-3-8(6)10/h3-4H,1-2H3,(H,11,12);2-3,11H,1H3;2-4,10H,1H3. The molecule has 0 saturated carbocycles. The lowest BCUT2D eigenvalue weighted by atomic mass is 10.1. The second kappa shape index (κ2) is 11.8. The summed E-state index contributed by atoms with van der Waals surface area (Å²) in [6.45, 7) is 6.61. The van der Waals surface area contributed by atoms with Gasteiger partial charge in [-0.1, -0.05) is 0 Å². The summed E-state index contributed by atoms with van der Waals surface area (Å²) in [7, 11) is 0. The number of phenolic OH excluding ortho intramolecular Hbond substituents is 2. The summed E-state index contributed by atoms with van der Waals surface area (Å²) in [5.74, 6) is -2.46. The Morgan fingerprint density at radius 1 is 0.788 bits per heavy atom. The van der Waals surface area contributed by atoms with E-state index in [1.165, 1.54) is 18.2 Å². The van der Waals surface area contributed by atoms with E-state index in [1.54, 1.807) is 45.9 Å². The second-order valence-corrected chi connectivity index (χ2v) is 7.05. The molecule has 170 valence electrons. The first-order chi connectivity index (χ1) is 15.4. The minimum atomic E-state index is -1.10. The first-order valence-electron chi connectivity index (χ1n) is 9.50. The van der Waals surface area contributed by atoms with Gasteiger partial charge in [0.05, 0.1) is 28.8 Å². The Balaban J connectivity index is 0.000000249. The molecule has 3 rings (SSSR count). The highest BCUT2D eigenvalue weighted by Crippen LogP contribution is 2.21. The average Bonchev–Trinajstić information content (AvgIpc) is 2.77. The molecule has 3 aromatic rings. The highest BCUT2D eigenvalue weighted by atomic mass is 19.1. The van der Waals surface area contributed by atoms with Crippen LogP contribution in [-0.2, 0) is 0 Å². The molecule has 3 aromatic carbocycles. The van der Waals surface area contributed by atoms with E-state index in [4.69, 9.17) is 25.8 Å². The van der Waals surface area contributed by atoms with Crippen LogP contribution in [0, 0.1) is 62.0 Å². The lowest BCUT2D eigenvalue weighted by molar-refractivity contribution is 0.0696. The van der Waals surface area contributed by atoms with Gasteiger partial charge in [-0.2, -0.15) is 10.5 Å². The molecule has 0 aromatic heterocycles. The van der Waals surface area contributed by atoms with Crippen molar-refractivity contribution in [3.05, 3.63) is 93.0 Å². The molecule has 0 saturated heterocycles. The molecule has 3 N–H and O–H groups in total. The number of aromatic carboxylic acids is 1. The van der Waals surface area contributed by atoms with Crippen molar-refractivity contribution >= 4 is 5.97 Å². The first kappa shape index (κ1) is 26.6. The van der Waals surface area contributed by atoms with Crippen LogP contribution in [0.25, 0.3) is 0 Å². The Kier molecular flexibility index (Phi) is 9.53. The second-order valence-electron chi connectivity index (χ2n) is 7.05. The van der Waals surface area contributed by atoms with Crippen LogP contribution in [0.2, 0.25) is 0 Å². The molecule has 0 aliphatic carbocycles. The number of rotatable bonds is 1. The van der Waals surface area contributed by atoms with Crippen molar-refractivity contribution in [1.82, 2.24) is 0 Å². The largest absolute Gasteiger partial charge is 0.508 e. The smallest absolute Gasteiger partial charge is 0.335 e. The van der Waals surface area contributed by atoms with Crippen molar-refractivity contribution in [1.29, 1.82) is 10.5 Å². The van der Waals surface area contributed by atoms with Gasteiger partial charge >= 0.3 is 5.97 Å². The molecule has 0 fully saturated rings. The van der Waals surface area contributed by atoms with Gasteiger partial charge in [0.15, 0.2) is 11.6 Å². The van der Waals surface area contributed by atoms with Gasteiger partial charge in [0.2, 0.25) is 0 Å². The third-order valence-corrected chi connectivity index (χ3v) is 4.56. The Morgan fingerprint density at radius 2 is 1.36 bits per heavy atom. The Bertz CT molecular complexity index is 1210. The van der Waals surface area contributed by atoms with Crippen molar-refractivity contribution in [2.75, 3.05) is 0 Å². The van der Waals surface area contributed by atoms with Crippen LogP contribution in [-0.4, -0.2) is 21.3 Å². The van der Waals surface area contributed by atoms with Crippen molar-refractivity contribution in [3.63, 3.8) is 0 Å². The van der Waals surface area contributed by atoms with Crippen molar-refractivity contribution in [3.8, 4) is 23.6 Å². The molecule has 0 amide bonds. The lowest BCUT2D eigenvalue weighted by Crippen LogP contribution is -1.99. The van der Waals surface area contributed by atoms with Gasteiger partial charge in [0.25, 0.3) is 0 Å². The maximum atomic E-state index is 12.9. The molecule has 0 bridgehead atoms. The quantitative estimate of drug-likeness (QED) is 0.452. The number of nitriles is 2. The van der Waals surface area contributed by atoms with Crippen molar-refractivity contribution < 1.29 is 28.9 Å². The van der Waals surface area contributed by atoms with Gasteiger partial charge in [0, 0.05) is 0 Å². The van der Waals surface area contributed by atoms with Crippen molar-refractivity contribution in [2.24, 2.45) is 0 Å². The van der Waals surface area contributed by atoms with Crippen molar-refractivity contribution in [2.45, 2.75) is 27.7 Å². The Morgan fingerprint density at radius 3 is 1.82 bits per heavy atom. The molecule has 0 spiro atoms. The van der Waals surface area contributed by atoms with Gasteiger partial charge in [0.1, 0.15) is 11.6 Å². The van der Waals surface area contributed by atoms with E-state index < -0.39 is 17.6 Å². The van der Waals surface area contributed by atoms with Crippen LogP contribution in [0.1, 0.15) is 43.7 Å². The summed E-state index contributed by atoms with van der Waals surface area (Å²) in [4.78, 5) is 10.5. The minimum absolute atomic E-state index is 0.00407. The van der Waals surface area contributed by atoms with Crippen LogP contribution in [0.3, 0.4) is 0 Å². The monoisotopic (exact) mass is 452 g/mol. The van der Waals surface area contributed by atoms with Crippen LogP contribution < -0.4 is 0 Å². The van der Waals surface area contributed by atoms with Crippen LogP contribution in [0.5, 0.6) is 11.5 Å². The van der Waals surface area contributed by atoms with Gasteiger partial charge < -0.3 is 15.3 Å². The normalized spacial score (nSPS) is 9.33.